The van der Waals surface area contributed by atoms with Crippen LogP contribution in [-0.4, -0.2) is 32.2 Å². The van der Waals surface area contributed by atoms with Crippen LogP contribution in [0.2, 0.25) is 0 Å². The van der Waals surface area contributed by atoms with E-state index in [9.17, 15) is 0 Å². The first-order chi connectivity index (χ1) is 9.88. The Morgan fingerprint density at radius 1 is 0.714 bits per heavy atom. The standard InChI is InChI=1S/C18H38O3/c1-14(7-15(2)9-17(4)11-19)8-16(3)10-18(5)12-21-13-20-6/h14-19H,7-13H2,1-6H3/t14-,15+,16-,17+,18-/m0/s1. The topological polar surface area (TPSA) is 38.7 Å². The van der Waals surface area contributed by atoms with Crippen molar-refractivity contribution in [2.75, 3.05) is 27.1 Å². The lowest BCUT2D eigenvalue weighted by molar-refractivity contribution is -0.0437. The minimum Gasteiger partial charge on any atom is -0.396 e. The first-order valence-corrected chi connectivity index (χ1v) is 8.56. The molecule has 0 amide bonds. The average molecular weight is 302 g/mol. The zero-order valence-corrected chi connectivity index (χ0v) is 15.1. The third kappa shape index (κ3) is 12.1. The maximum Gasteiger partial charge on any atom is 0.146 e. The van der Waals surface area contributed by atoms with E-state index in [4.69, 9.17) is 14.6 Å². The van der Waals surface area contributed by atoms with Gasteiger partial charge in [0, 0.05) is 13.7 Å². The quantitative estimate of drug-likeness (QED) is 0.406. The molecular formula is C18H38O3. The van der Waals surface area contributed by atoms with Gasteiger partial charge in [0.15, 0.2) is 0 Å². The number of methoxy groups -OCH3 is 1. The van der Waals surface area contributed by atoms with E-state index in [1.54, 1.807) is 7.11 Å². The maximum atomic E-state index is 9.13. The van der Waals surface area contributed by atoms with Crippen molar-refractivity contribution in [3.63, 3.8) is 0 Å². The predicted octanol–water partition coefficient (Wildman–Crippen LogP) is 4.34. The molecule has 0 aromatic carbocycles. The van der Waals surface area contributed by atoms with Gasteiger partial charge in [0.1, 0.15) is 6.79 Å². The van der Waals surface area contributed by atoms with Crippen molar-refractivity contribution in [3.8, 4) is 0 Å². The molecule has 0 aliphatic carbocycles. The Kier molecular flexibility index (Phi) is 12.4. The highest BCUT2D eigenvalue weighted by molar-refractivity contribution is 4.67. The molecule has 0 saturated carbocycles. The molecule has 5 atom stereocenters. The highest BCUT2D eigenvalue weighted by Crippen LogP contribution is 2.26. The monoisotopic (exact) mass is 302 g/mol. The van der Waals surface area contributed by atoms with E-state index < -0.39 is 0 Å². The first kappa shape index (κ1) is 20.9. The van der Waals surface area contributed by atoms with Gasteiger partial charge in [0.2, 0.25) is 0 Å². The molecule has 0 aromatic rings. The lowest BCUT2D eigenvalue weighted by Crippen LogP contribution is -2.15. The molecular weight excluding hydrogens is 264 g/mol. The summed E-state index contributed by atoms with van der Waals surface area (Å²) < 4.78 is 10.3. The SMILES string of the molecule is COCOC[C@@H](C)C[C@@H](C)C[C@@H](C)C[C@@H](C)C[C@@H](C)CO. The van der Waals surface area contributed by atoms with Crippen LogP contribution in [0, 0.1) is 29.6 Å². The molecule has 0 saturated heterocycles. The zero-order chi connectivity index (χ0) is 16.3. The van der Waals surface area contributed by atoms with Crippen molar-refractivity contribution < 1.29 is 14.6 Å². The Hall–Kier alpha value is -0.120. The van der Waals surface area contributed by atoms with Gasteiger partial charge in [-0.25, -0.2) is 0 Å². The molecule has 1 N–H and O–H groups in total. The van der Waals surface area contributed by atoms with Gasteiger partial charge in [0.05, 0.1) is 6.61 Å². The number of aliphatic hydroxyl groups excluding tert-OH is 1. The van der Waals surface area contributed by atoms with Crippen LogP contribution in [0.25, 0.3) is 0 Å². The molecule has 0 rings (SSSR count). The van der Waals surface area contributed by atoms with E-state index in [0.717, 1.165) is 24.9 Å². The second-order valence-corrected chi connectivity index (χ2v) is 7.43. The van der Waals surface area contributed by atoms with Gasteiger partial charge in [-0.15, -0.1) is 0 Å². The Bertz CT molecular complexity index is 233. The van der Waals surface area contributed by atoms with Crippen molar-refractivity contribution in [1.82, 2.24) is 0 Å². The summed E-state index contributed by atoms with van der Waals surface area (Å²) in [5.41, 5.74) is 0. The Morgan fingerprint density at radius 2 is 1.14 bits per heavy atom. The van der Waals surface area contributed by atoms with E-state index in [1.807, 2.05) is 0 Å². The summed E-state index contributed by atoms with van der Waals surface area (Å²) in [5, 5.41) is 9.13. The number of aliphatic hydroxyl groups is 1. The number of hydrogen-bond acceptors (Lipinski definition) is 3. The summed E-state index contributed by atoms with van der Waals surface area (Å²) in [5.74, 6) is 3.23. The third-order valence-corrected chi connectivity index (χ3v) is 4.13. The third-order valence-electron chi connectivity index (χ3n) is 4.13. The summed E-state index contributed by atoms with van der Waals surface area (Å²) in [6.07, 6.45) is 4.90. The second-order valence-electron chi connectivity index (χ2n) is 7.43. The van der Waals surface area contributed by atoms with Crippen molar-refractivity contribution in [2.45, 2.75) is 60.3 Å². The van der Waals surface area contributed by atoms with Crippen LogP contribution in [0.4, 0.5) is 0 Å². The van der Waals surface area contributed by atoms with Gasteiger partial charge in [-0.3, -0.25) is 0 Å². The summed E-state index contributed by atoms with van der Waals surface area (Å²) in [4.78, 5) is 0. The number of rotatable bonds is 13. The van der Waals surface area contributed by atoms with Crippen LogP contribution in [0.5, 0.6) is 0 Å². The van der Waals surface area contributed by atoms with Crippen molar-refractivity contribution in [1.29, 1.82) is 0 Å². The zero-order valence-electron chi connectivity index (χ0n) is 15.1. The largest absolute Gasteiger partial charge is 0.396 e. The number of hydrogen-bond donors (Lipinski definition) is 1. The summed E-state index contributed by atoms with van der Waals surface area (Å²) >= 11 is 0. The number of ether oxygens (including phenoxy) is 2. The van der Waals surface area contributed by atoms with E-state index >= 15 is 0 Å². The Balaban J connectivity index is 3.84. The highest BCUT2D eigenvalue weighted by atomic mass is 16.7. The second kappa shape index (κ2) is 12.4. The fourth-order valence-corrected chi connectivity index (χ4v) is 3.51. The van der Waals surface area contributed by atoms with Crippen LogP contribution in [0.1, 0.15) is 60.3 Å². The molecule has 0 radical (unpaired) electrons. The molecule has 3 nitrogen and oxygen atoms in total. The molecule has 3 heteroatoms. The van der Waals surface area contributed by atoms with Crippen LogP contribution in [0.15, 0.2) is 0 Å². The van der Waals surface area contributed by atoms with Crippen LogP contribution in [0.3, 0.4) is 0 Å². The molecule has 0 spiro atoms. The van der Waals surface area contributed by atoms with Gasteiger partial charge in [-0.05, 0) is 55.3 Å². The van der Waals surface area contributed by atoms with E-state index in [-0.39, 0.29) is 0 Å². The van der Waals surface area contributed by atoms with Crippen LogP contribution < -0.4 is 0 Å². The van der Waals surface area contributed by atoms with Crippen molar-refractivity contribution >= 4 is 0 Å². The van der Waals surface area contributed by atoms with Crippen molar-refractivity contribution in [3.05, 3.63) is 0 Å². The Labute approximate surface area is 132 Å². The van der Waals surface area contributed by atoms with Crippen molar-refractivity contribution in [2.24, 2.45) is 29.6 Å². The van der Waals surface area contributed by atoms with E-state index in [2.05, 4.69) is 34.6 Å². The molecule has 0 heterocycles. The summed E-state index contributed by atoms with van der Waals surface area (Å²) in [6.45, 7) is 12.9. The van der Waals surface area contributed by atoms with Crippen LogP contribution in [-0.2, 0) is 9.47 Å². The summed E-state index contributed by atoms with van der Waals surface area (Å²) in [6, 6.07) is 0. The molecule has 0 aromatic heterocycles. The van der Waals surface area contributed by atoms with E-state index in [0.29, 0.717) is 31.2 Å². The maximum absolute atomic E-state index is 9.13. The van der Waals surface area contributed by atoms with E-state index in [1.165, 1.54) is 19.3 Å². The van der Waals surface area contributed by atoms with Gasteiger partial charge in [-0.2, -0.15) is 0 Å². The lowest BCUT2D eigenvalue weighted by Gasteiger charge is -2.23. The molecule has 0 unspecified atom stereocenters. The van der Waals surface area contributed by atoms with Crippen LogP contribution >= 0.6 is 0 Å². The minimum absolute atomic E-state index is 0.314. The van der Waals surface area contributed by atoms with Gasteiger partial charge < -0.3 is 14.6 Å². The fraction of sp³-hybridized carbons (Fsp3) is 1.00. The molecule has 0 bridgehead atoms. The smallest absolute Gasteiger partial charge is 0.146 e. The molecule has 0 aliphatic heterocycles. The predicted molar refractivity (Wildman–Crippen MR) is 89.2 cm³/mol. The minimum atomic E-state index is 0.314. The normalized spacial score (nSPS) is 19.0. The highest BCUT2D eigenvalue weighted by Gasteiger charge is 2.16. The average Bonchev–Trinajstić information content (AvgIpc) is 2.37. The molecule has 128 valence electrons. The molecule has 0 aliphatic rings. The molecule has 0 fully saturated rings. The Morgan fingerprint density at radius 3 is 1.57 bits per heavy atom. The molecule has 21 heavy (non-hydrogen) atoms. The lowest BCUT2D eigenvalue weighted by atomic mass is 9.83. The summed E-state index contributed by atoms with van der Waals surface area (Å²) in [7, 11) is 1.66. The van der Waals surface area contributed by atoms with Gasteiger partial charge in [0.25, 0.3) is 0 Å². The van der Waals surface area contributed by atoms with Gasteiger partial charge in [-0.1, -0.05) is 34.6 Å². The fourth-order valence-electron chi connectivity index (χ4n) is 3.51. The first-order valence-electron chi connectivity index (χ1n) is 8.56. The van der Waals surface area contributed by atoms with Gasteiger partial charge >= 0.3 is 0 Å².